The maximum atomic E-state index is 12.1. The summed E-state index contributed by atoms with van der Waals surface area (Å²) in [7, 11) is 1.92. The summed E-state index contributed by atoms with van der Waals surface area (Å²) in [5.41, 5.74) is 2.17. The number of nitrogens with zero attached hydrogens (tertiary/aromatic N) is 2. The Morgan fingerprint density at radius 1 is 1.17 bits per heavy atom. The molecule has 3 atom stereocenters. The van der Waals surface area contributed by atoms with E-state index in [1.54, 1.807) is 0 Å². The Kier molecular flexibility index (Phi) is 4.76. The molecule has 1 aromatic carbocycles. The number of likely N-dealkylation sites (N-methyl/N-ethyl adjacent to an activating group) is 1. The fourth-order valence-electron chi connectivity index (χ4n) is 3.75. The maximum absolute atomic E-state index is 12.1. The molecule has 2 aliphatic rings. The second-order valence-corrected chi connectivity index (χ2v) is 6.86. The Morgan fingerprint density at radius 3 is 2.54 bits per heavy atom. The highest BCUT2D eigenvalue weighted by Crippen LogP contribution is 2.28. The van der Waals surface area contributed by atoms with Crippen molar-refractivity contribution in [2.45, 2.75) is 44.8 Å². The number of piperazine rings is 1. The van der Waals surface area contributed by atoms with Crippen LogP contribution >= 0.6 is 0 Å². The van der Waals surface area contributed by atoms with E-state index in [9.17, 15) is 9.59 Å². The van der Waals surface area contributed by atoms with Crippen molar-refractivity contribution in [2.75, 3.05) is 29.9 Å². The van der Waals surface area contributed by atoms with E-state index in [1.807, 2.05) is 24.1 Å². The van der Waals surface area contributed by atoms with Crippen LogP contribution in [0.2, 0.25) is 0 Å². The molecule has 1 aromatic rings. The summed E-state index contributed by atoms with van der Waals surface area (Å²) in [5.74, 6) is -0.384. The minimum Gasteiger partial charge on any atom is -0.364 e. The highest BCUT2D eigenvalue weighted by atomic mass is 16.2. The topological polar surface area (TPSA) is 64.7 Å². The van der Waals surface area contributed by atoms with Crippen LogP contribution in [0.5, 0.6) is 0 Å². The predicted molar refractivity (Wildman–Crippen MR) is 95.3 cm³/mol. The first-order valence-corrected chi connectivity index (χ1v) is 8.63. The largest absolute Gasteiger partial charge is 0.364 e. The Bertz CT molecular complexity index is 623. The second kappa shape index (κ2) is 6.81. The monoisotopic (exact) mass is 330 g/mol. The fraction of sp³-hybridized carbons (Fsp3) is 0.556. The zero-order chi connectivity index (χ0) is 17.3. The smallest absolute Gasteiger partial charge is 0.249 e. The molecule has 3 rings (SSSR count). The summed E-state index contributed by atoms with van der Waals surface area (Å²) in [5, 5.41) is 5.88. The number of benzene rings is 1. The number of carbonyl (C=O) groups excluding carboxylic acids is 2. The molecule has 1 unspecified atom stereocenters. The van der Waals surface area contributed by atoms with Crippen LogP contribution in [0.3, 0.4) is 0 Å². The predicted octanol–water partition coefficient (Wildman–Crippen LogP) is 1.11. The summed E-state index contributed by atoms with van der Waals surface area (Å²) in [6, 6.07) is 8.87. The number of amides is 2. The third-order valence-corrected chi connectivity index (χ3v) is 5.04. The van der Waals surface area contributed by atoms with E-state index in [0.29, 0.717) is 24.9 Å². The normalized spacial score (nSPS) is 27.8. The number of hydrogen-bond acceptors (Lipinski definition) is 5. The van der Waals surface area contributed by atoms with Gasteiger partial charge in [0, 0.05) is 50.0 Å². The van der Waals surface area contributed by atoms with Crippen molar-refractivity contribution >= 4 is 23.2 Å². The molecule has 2 N–H and O–H groups in total. The van der Waals surface area contributed by atoms with Crippen molar-refractivity contribution in [3.63, 3.8) is 0 Å². The summed E-state index contributed by atoms with van der Waals surface area (Å²) in [6.45, 7) is 6.38. The third kappa shape index (κ3) is 3.24. The lowest BCUT2D eigenvalue weighted by atomic mass is 10.0. The molecule has 24 heavy (non-hydrogen) atoms. The molecule has 6 nitrogen and oxygen atoms in total. The molecule has 0 saturated carbocycles. The molecule has 6 heteroatoms. The molecule has 2 aliphatic heterocycles. The van der Waals surface area contributed by atoms with Crippen LogP contribution in [0.1, 0.15) is 26.7 Å². The number of hydrogen-bond donors (Lipinski definition) is 2. The Labute approximate surface area is 143 Å². The van der Waals surface area contributed by atoms with Gasteiger partial charge >= 0.3 is 0 Å². The Morgan fingerprint density at radius 2 is 1.88 bits per heavy atom. The van der Waals surface area contributed by atoms with Gasteiger partial charge in [0.2, 0.25) is 11.8 Å². The quantitative estimate of drug-likeness (QED) is 0.813. The Hall–Kier alpha value is -2.08. The molecular formula is C18H26N4O2. The number of imide groups is 1. The van der Waals surface area contributed by atoms with E-state index in [0.717, 1.165) is 18.8 Å². The zero-order valence-corrected chi connectivity index (χ0v) is 14.6. The van der Waals surface area contributed by atoms with E-state index in [-0.39, 0.29) is 17.9 Å². The van der Waals surface area contributed by atoms with Gasteiger partial charge in [-0.05, 0) is 38.5 Å². The van der Waals surface area contributed by atoms with Crippen LogP contribution in [0.15, 0.2) is 24.3 Å². The molecule has 2 heterocycles. The fourth-order valence-corrected chi connectivity index (χ4v) is 3.75. The number of nitrogens with one attached hydrogen (secondary N) is 2. The molecule has 0 aromatic heterocycles. The molecule has 0 spiro atoms. The highest BCUT2D eigenvalue weighted by Gasteiger charge is 2.30. The average Bonchev–Trinajstić information content (AvgIpc) is 2.54. The molecule has 0 aliphatic carbocycles. The van der Waals surface area contributed by atoms with E-state index in [1.165, 1.54) is 5.69 Å². The first-order valence-electron chi connectivity index (χ1n) is 8.63. The number of rotatable bonds is 3. The number of anilines is 2. The summed E-state index contributed by atoms with van der Waals surface area (Å²) < 4.78 is 0. The van der Waals surface area contributed by atoms with Crippen LogP contribution < -0.4 is 20.4 Å². The number of piperidine rings is 1. The van der Waals surface area contributed by atoms with Crippen molar-refractivity contribution in [1.82, 2.24) is 10.6 Å². The van der Waals surface area contributed by atoms with E-state index in [2.05, 4.69) is 41.5 Å². The minimum atomic E-state index is -0.296. The minimum absolute atomic E-state index is 0.179. The van der Waals surface area contributed by atoms with Crippen LogP contribution in [-0.4, -0.2) is 50.1 Å². The molecule has 2 fully saturated rings. The summed E-state index contributed by atoms with van der Waals surface area (Å²) >= 11 is 0. The van der Waals surface area contributed by atoms with E-state index >= 15 is 0 Å². The molecule has 2 amide bonds. The molecule has 0 radical (unpaired) electrons. The first kappa shape index (κ1) is 16.8. The standard InChI is InChI=1S/C18H26N4O2/c1-12-10-19-11-13(2)22(12)15-6-4-5-14(9-15)21(3)16-7-8-17(23)20-18(16)24/h4-6,9,12-13,16,19H,7-8,10-11H2,1-3H3,(H,20,23,24)/t12-,13+,16?. The lowest BCUT2D eigenvalue weighted by Gasteiger charge is -2.42. The van der Waals surface area contributed by atoms with Gasteiger partial charge in [-0.2, -0.15) is 0 Å². The first-order chi connectivity index (χ1) is 11.5. The van der Waals surface area contributed by atoms with Gasteiger partial charge in [0.1, 0.15) is 6.04 Å². The van der Waals surface area contributed by atoms with Crippen molar-refractivity contribution in [2.24, 2.45) is 0 Å². The third-order valence-electron chi connectivity index (χ3n) is 5.04. The number of carbonyl (C=O) groups is 2. The zero-order valence-electron chi connectivity index (χ0n) is 14.6. The highest BCUT2D eigenvalue weighted by molar-refractivity contribution is 6.01. The van der Waals surface area contributed by atoms with Crippen LogP contribution in [0.25, 0.3) is 0 Å². The van der Waals surface area contributed by atoms with Crippen molar-refractivity contribution in [3.05, 3.63) is 24.3 Å². The van der Waals surface area contributed by atoms with E-state index < -0.39 is 0 Å². The van der Waals surface area contributed by atoms with Gasteiger partial charge in [0.05, 0.1) is 0 Å². The lowest BCUT2D eigenvalue weighted by Crippen LogP contribution is -2.55. The summed E-state index contributed by atoms with van der Waals surface area (Å²) in [4.78, 5) is 27.9. The van der Waals surface area contributed by atoms with Gasteiger partial charge in [-0.1, -0.05) is 6.07 Å². The lowest BCUT2D eigenvalue weighted by molar-refractivity contribution is -0.134. The average molecular weight is 330 g/mol. The van der Waals surface area contributed by atoms with E-state index in [4.69, 9.17) is 0 Å². The van der Waals surface area contributed by atoms with Gasteiger partial charge in [-0.15, -0.1) is 0 Å². The van der Waals surface area contributed by atoms with Crippen molar-refractivity contribution < 1.29 is 9.59 Å². The van der Waals surface area contributed by atoms with Gasteiger partial charge in [-0.25, -0.2) is 0 Å². The van der Waals surface area contributed by atoms with Crippen LogP contribution in [0, 0.1) is 0 Å². The second-order valence-electron chi connectivity index (χ2n) is 6.86. The SMILES string of the molecule is C[C@@H]1CNC[C@H](C)N1c1cccc(N(C)C2CCC(=O)NC2=O)c1. The molecule has 130 valence electrons. The van der Waals surface area contributed by atoms with Gasteiger partial charge in [0.25, 0.3) is 0 Å². The van der Waals surface area contributed by atoms with Crippen LogP contribution in [-0.2, 0) is 9.59 Å². The molecular weight excluding hydrogens is 304 g/mol. The van der Waals surface area contributed by atoms with Crippen LogP contribution in [0.4, 0.5) is 11.4 Å². The maximum Gasteiger partial charge on any atom is 0.249 e. The van der Waals surface area contributed by atoms with Gasteiger partial charge in [-0.3, -0.25) is 14.9 Å². The van der Waals surface area contributed by atoms with Crippen molar-refractivity contribution in [3.8, 4) is 0 Å². The molecule has 2 saturated heterocycles. The van der Waals surface area contributed by atoms with Gasteiger partial charge in [0.15, 0.2) is 0 Å². The Balaban J connectivity index is 1.82. The van der Waals surface area contributed by atoms with Crippen molar-refractivity contribution in [1.29, 1.82) is 0 Å². The summed E-state index contributed by atoms with van der Waals surface area (Å²) in [6.07, 6.45) is 0.956. The molecule has 0 bridgehead atoms. The van der Waals surface area contributed by atoms with Gasteiger partial charge < -0.3 is 15.1 Å².